The highest BCUT2D eigenvalue weighted by Gasteiger charge is 2.52. The normalized spacial score (nSPS) is 13.8. The quantitative estimate of drug-likeness (QED) is 0.184. The van der Waals surface area contributed by atoms with Gasteiger partial charge in [0, 0.05) is 11.1 Å². The lowest BCUT2D eigenvalue weighted by atomic mass is 9.68. The Hall–Kier alpha value is -5.53. The first kappa shape index (κ1) is 31.5. The molecule has 1 nitrogen and oxygen atoms in total. The van der Waals surface area contributed by atoms with E-state index in [1.807, 2.05) is 0 Å². The Morgan fingerprint density at radius 1 is 0.373 bits per heavy atom. The molecule has 248 valence electrons. The first-order chi connectivity index (χ1) is 24.5. The zero-order valence-electron chi connectivity index (χ0n) is 30.4. The molecule has 1 spiro atoms. The smallest absolute Gasteiger partial charge is 0.0725 e. The van der Waals surface area contributed by atoms with E-state index in [0.29, 0.717) is 0 Å². The molecule has 0 atom stereocenters. The molecule has 0 saturated carbocycles. The van der Waals surface area contributed by atoms with Crippen LogP contribution in [0.5, 0.6) is 0 Å². The molecule has 0 fully saturated rings. The van der Waals surface area contributed by atoms with Gasteiger partial charge >= 0.3 is 0 Å². The van der Waals surface area contributed by atoms with Gasteiger partial charge < -0.3 is 0 Å². The van der Waals surface area contributed by atoms with Crippen LogP contribution in [-0.2, 0) is 16.2 Å². The van der Waals surface area contributed by atoms with Gasteiger partial charge in [-0.25, -0.2) is 4.98 Å². The van der Waals surface area contributed by atoms with E-state index in [1.165, 1.54) is 66.8 Å². The summed E-state index contributed by atoms with van der Waals surface area (Å²) in [6.45, 7) is 14.0. The summed E-state index contributed by atoms with van der Waals surface area (Å²) < 4.78 is 0. The summed E-state index contributed by atoms with van der Waals surface area (Å²) >= 11 is 0. The van der Waals surface area contributed by atoms with Gasteiger partial charge in [0.2, 0.25) is 0 Å². The monoisotopic (exact) mass is 657 g/mol. The summed E-state index contributed by atoms with van der Waals surface area (Å²) in [7, 11) is 0. The predicted octanol–water partition coefficient (Wildman–Crippen LogP) is 13.0. The zero-order chi connectivity index (χ0) is 35.1. The van der Waals surface area contributed by atoms with Crippen molar-refractivity contribution in [3.05, 3.63) is 185 Å². The van der Waals surface area contributed by atoms with Crippen LogP contribution >= 0.6 is 0 Å². The van der Waals surface area contributed by atoms with Gasteiger partial charge in [-0.3, -0.25) is 0 Å². The second-order valence-electron chi connectivity index (χ2n) is 16.4. The van der Waals surface area contributed by atoms with E-state index < -0.39 is 5.41 Å². The Balaban J connectivity index is 1.38. The van der Waals surface area contributed by atoms with E-state index >= 15 is 0 Å². The minimum Gasteiger partial charge on any atom is -0.248 e. The third kappa shape index (κ3) is 4.79. The fourth-order valence-electron chi connectivity index (χ4n) is 8.61. The molecule has 2 aliphatic rings. The van der Waals surface area contributed by atoms with Crippen molar-refractivity contribution in [3.63, 3.8) is 0 Å². The van der Waals surface area contributed by atoms with E-state index in [-0.39, 0.29) is 10.8 Å². The Morgan fingerprint density at radius 2 is 0.843 bits per heavy atom. The first-order valence-electron chi connectivity index (χ1n) is 18.2. The lowest BCUT2D eigenvalue weighted by Crippen LogP contribution is -2.27. The number of fused-ring (bicyclic) bond motifs is 10. The van der Waals surface area contributed by atoms with Crippen molar-refractivity contribution in [2.45, 2.75) is 57.8 Å². The van der Waals surface area contributed by atoms with Gasteiger partial charge in [0.1, 0.15) is 0 Å². The highest BCUT2D eigenvalue weighted by atomic mass is 14.7. The van der Waals surface area contributed by atoms with Crippen molar-refractivity contribution in [1.82, 2.24) is 4.98 Å². The van der Waals surface area contributed by atoms with Crippen LogP contribution in [0.1, 0.15) is 74.9 Å². The Labute approximate surface area is 302 Å². The van der Waals surface area contributed by atoms with Crippen LogP contribution in [0.4, 0.5) is 0 Å². The van der Waals surface area contributed by atoms with Gasteiger partial charge in [-0.15, -0.1) is 0 Å². The van der Waals surface area contributed by atoms with E-state index in [4.69, 9.17) is 4.98 Å². The fraction of sp³-hybridized carbons (Fsp3) is 0.180. The molecular formula is C50H43N. The minimum atomic E-state index is -0.438. The van der Waals surface area contributed by atoms with E-state index in [2.05, 4.69) is 193 Å². The first-order valence-corrected chi connectivity index (χ1v) is 18.2. The molecule has 0 aliphatic heterocycles. The molecule has 0 saturated heterocycles. The van der Waals surface area contributed by atoms with Crippen LogP contribution in [0, 0.1) is 0 Å². The second kappa shape index (κ2) is 11.2. The van der Waals surface area contributed by atoms with Crippen molar-refractivity contribution >= 4 is 0 Å². The number of rotatable bonds is 3. The molecular weight excluding hydrogens is 615 g/mol. The SMILES string of the molecule is CC(C)(C)c1ccc2c(c1)C1(c3cc(C(C)(C)C)ccc3-2)c2ccccc2-c2c(-c3cc(-c4ccccc4)nc(-c4ccccc4)c3)cccc21. The third-order valence-electron chi connectivity index (χ3n) is 11.2. The van der Waals surface area contributed by atoms with Gasteiger partial charge in [-0.1, -0.05) is 181 Å². The molecule has 0 radical (unpaired) electrons. The number of hydrogen-bond acceptors (Lipinski definition) is 1. The molecule has 9 rings (SSSR count). The molecule has 1 aromatic heterocycles. The Morgan fingerprint density at radius 3 is 1.37 bits per heavy atom. The van der Waals surface area contributed by atoms with E-state index in [9.17, 15) is 0 Å². The minimum absolute atomic E-state index is 0.0169. The van der Waals surface area contributed by atoms with Crippen molar-refractivity contribution in [3.8, 4) is 55.9 Å². The van der Waals surface area contributed by atoms with Crippen LogP contribution in [-0.4, -0.2) is 4.98 Å². The van der Waals surface area contributed by atoms with Crippen molar-refractivity contribution in [2.24, 2.45) is 0 Å². The highest BCUT2D eigenvalue weighted by molar-refractivity contribution is 6.00. The van der Waals surface area contributed by atoms with E-state index in [1.54, 1.807) is 0 Å². The summed E-state index contributed by atoms with van der Waals surface area (Å²) in [5, 5.41) is 0. The summed E-state index contributed by atoms with van der Waals surface area (Å²) in [6, 6.07) is 56.5. The molecule has 6 aromatic carbocycles. The Bertz CT molecular complexity index is 2350. The summed E-state index contributed by atoms with van der Waals surface area (Å²) in [5.74, 6) is 0. The largest absolute Gasteiger partial charge is 0.248 e. The van der Waals surface area contributed by atoms with Gasteiger partial charge in [-0.05, 0) is 89.7 Å². The average molecular weight is 658 g/mol. The van der Waals surface area contributed by atoms with Gasteiger partial charge in [-0.2, -0.15) is 0 Å². The zero-order valence-corrected chi connectivity index (χ0v) is 30.4. The summed E-state index contributed by atoms with van der Waals surface area (Å²) in [5.41, 5.74) is 19.7. The lowest BCUT2D eigenvalue weighted by Gasteiger charge is -2.33. The van der Waals surface area contributed by atoms with Crippen LogP contribution < -0.4 is 0 Å². The van der Waals surface area contributed by atoms with Crippen LogP contribution in [0.25, 0.3) is 55.9 Å². The predicted molar refractivity (Wildman–Crippen MR) is 214 cm³/mol. The van der Waals surface area contributed by atoms with Gasteiger partial charge in [0.15, 0.2) is 0 Å². The molecule has 7 aromatic rings. The highest BCUT2D eigenvalue weighted by Crippen LogP contribution is 2.64. The maximum absolute atomic E-state index is 5.23. The maximum Gasteiger partial charge on any atom is 0.0725 e. The number of hydrogen-bond donors (Lipinski definition) is 0. The fourth-order valence-corrected chi connectivity index (χ4v) is 8.61. The summed E-state index contributed by atoms with van der Waals surface area (Å²) in [4.78, 5) is 5.23. The molecule has 1 heteroatoms. The second-order valence-corrected chi connectivity index (χ2v) is 16.4. The third-order valence-corrected chi connectivity index (χ3v) is 11.2. The summed E-state index contributed by atoms with van der Waals surface area (Å²) in [6.07, 6.45) is 0. The van der Waals surface area contributed by atoms with Crippen LogP contribution in [0.3, 0.4) is 0 Å². The van der Waals surface area contributed by atoms with Crippen molar-refractivity contribution in [2.75, 3.05) is 0 Å². The number of nitrogens with zero attached hydrogens (tertiary/aromatic N) is 1. The molecule has 51 heavy (non-hydrogen) atoms. The number of benzene rings is 6. The molecule has 0 bridgehead atoms. The topological polar surface area (TPSA) is 12.9 Å². The van der Waals surface area contributed by atoms with Gasteiger partial charge in [0.05, 0.1) is 16.8 Å². The molecule has 2 aliphatic carbocycles. The maximum atomic E-state index is 5.23. The average Bonchev–Trinajstić information content (AvgIpc) is 3.61. The van der Waals surface area contributed by atoms with Crippen LogP contribution in [0.2, 0.25) is 0 Å². The standard InChI is InChI=1S/C50H43N/c1-48(2,3)35-24-26-38-39-27-25-36(49(4,5)6)31-44(39)50(43(38)30-35)41-22-14-13-20-40(41)47-37(21-15-23-42(47)50)34-28-45(32-16-9-7-10-17-32)51-46(29-34)33-18-11-8-12-19-33/h7-31H,1-6H3. The molecule has 1 heterocycles. The molecule has 0 N–H and O–H groups in total. The van der Waals surface area contributed by atoms with Crippen molar-refractivity contribution in [1.29, 1.82) is 0 Å². The number of aromatic nitrogens is 1. The number of pyridine rings is 1. The lowest BCUT2D eigenvalue weighted by molar-refractivity contribution is 0.586. The molecule has 0 unspecified atom stereocenters. The molecule has 0 amide bonds. The van der Waals surface area contributed by atoms with Crippen LogP contribution in [0.15, 0.2) is 152 Å². The Kier molecular flexibility index (Phi) is 6.93. The van der Waals surface area contributed by atoms with E-state index in [0.717, 1.165) is 22.5 Å². The van der Waals surface area contributed by atoms with Crippen molar-refractivity contribution < 1.29 is 0 Å². The van der Waals surface area contributed by atoms with Gasteiger partial charge in [0.25, 0.3) is 0 Å².